The minimum Gasteiger partial charge on any atom is -0.507 e. The van der Waals surface area contributed by atoms with Crippen LogP contribution in [0.25, 0.3) is 10.8 Å². The van der Waals surface area contributed by atoms with Crippen LogP contribution < -0.4 is 5.32 Å². The Morgan fingerprint density at radius 2 is 1.72 bits per heavy atom. The van der Waals surface area contributed by atoms with E-state index >= 15 is 0 Å². The molecule has 0 bridgehead atoms. The Labute approximate surface area is 187 Å². The van der Waals surface area contributed by atoms with E-state index in [0.29, 0.717) is 23.9 Å². The monoisotopic (exact) mass is 433 g/mol. The van der Waals surface area contributed by atoms with Gasteiger partial charge in [-0.05, 0) is 49.3 Å². The molecule has 3 rings (SSSR count). The number of carbonyl (C=O) groups is 2. The molecule has 3 aromatic carbocycles. The van der Waals surface area contributed by atoms with E-state index < -0.39 is 18.2 Å². The van der Waals surface area contributed by atoms with Gasteiger partial charge in [0.15, 0.2) is 0 Å². The van der Waals surface area contributed by atoms with E-state index in [1.807, 2.05) is 62.4 Å². The maximum Gasteiger partial charge on any atom is 0.412 e. The number of aryl methyl sites for hydroxylation is 1. The van der Waals surface area contributed by atoms with Gasteiger partial charge in [-0.15, -0.1) is 0 Å². The molecule has 0 heterocycles. The number of hydrogen-bond acceptors (Lipinski definition) is 4. The third-order valence-corrected chi connectivity index (χ3v) is 5.34. The number of carboxylic acid groups (broad SMARTS) is 1. The summed E-state index contributed by atoms with van der Waals surface area (Å²) in [4.78, 5) is 23.5. The lowest BCUT2D eigenvalue weighted by Crippen LogP contribution is -2.22. The second-order valence-electron chi connectivity index (χ2n) is 7.83. The van der Waals surface area contributed by atoms with Gasteiger partial charge in [0, 0.05) is 22.7 Å². The number of phenols is 1. The van der Waals surface area contributed by atoms with Crippen molar-refractivity contribution in [2.45, 2.75) is 32.8 Å². The lowest BCUT2D eigenvalue weighted by molar-refractivity contribution is -0.131. The maximum absolute atomic E-state index is 12.7. The fraction of sp³-hybridized carbons (Fsp3) is 0.231. The summed E-state index contributed by atoms with van der Waals surface area (Å²) in [5, 5.41) is 23.3. The quantitative estimate of drug-likeness (QED) is 0.368. The fourth-order valence-electron chi connectivity index (χ4n) is 3.63. The van der Waals surface area contributed by atoms with Crippen LogP contribution in [0.1, 0.15) is 37.0 Å². The van der Waals surface area contributed by atoms with Gasteiger partial charge in [-0.2, -0.15) is 0 Å². The SMILES string of the molecule is Cc1ccc(NC(=O)O[C@@H](c2ccc(O)c3ccccc23)[C@H](C)CC/C=C/C(=O)O)cc1. The molecule has 0 saturated heterocycles. The predicted molar refractivity (Wildman–Crippen MR) is 125 cm³/mol. The largest absolute Gasteiger partial charge is 0.507 e. The molecule has 166 valence electrons. The van der Waals surface area contributed by atoms with Gasteiger partial charge >= 0.3 is 12.1 Å². The van der Waals surface area contributed by atoms with Crippen LogP contribution in [0.15, 0.2) is 72.8 Å². The van der Waals surface area contributed by atoms with Crippen molar-refractivity contribution in [2.24, 2.45) is 5.92 Å². The topological polar surface area (TPSA) is 95.9 Å². The number of carboxylic acids is 1. The molecule has 0 aliphatic heterocycles. The Morgan fingerprint density at radius 3 is 2.41 bits per heavy atom. The van der Waals surface area contributed by atoms with Gasteiger partial charge in [-0.25, -0.2) is 9.59 Å². The van der Waals surface area contributed by atoms with E-state index in [0.717, 1.165) is 22.6 Å². The third-order valence-electron chi connectivity index (χ3n) is 5.34. The number of phenolic OH excluding ortho intramolecular Hbond substituents is 1. The molecule has 0 fully saturated rings. The zero-order valence-corrected chi connectivity index (χ0v) is 18.1. The summed E-state index contributed by atoms with van der Waals surface area (Å²) in [6.07, 6.45) is 2.68. The van der Waals surface area contributed by atoms with Gasteiger partial charge in [0.1, 0.15) is 11.9 Å². The van der Waals surface area contributed by atoms with Gasteiger partial charge in [0.25, 0.3) is 0 Å². The molecule has 32 heavy (non-hydrogen) atoms. The second kappa shape index (κ2) is 10.5. The lowest BCUT2D eigenvalue weighted by Gasteiger charge is -2.26. The number of aromatic hydroxyl groups is 1. The van der Waals surface area contributed by atoms with Crippen LogP contribution in [0, 0.1) is 12.8 Å². The summed E-state index contributed by atoms with van der Waals surface area (Å²) in [6, 6.07) is 18.2. The van der Waals surface area contributed by atoms with Crippen molar-refractivity contribution in [1.82, 2.24) is 0 Å². The molecule has 3 aromatic rings. The van der Waals surface area contributed by atoms with Gasteiger partial charge in [0.2, 0.25) is 0 Å². The van der Waals surface area contributed by atoms with Gasteiger partial charge < -0.3 is 14.9 Å². The molecule has 6 nitrogen and oxygen atoms in total. The van der Waals surface area contributed by atoms with Crippen molar-refractivity contribution >= 4 is 28.5 Å². The molecular weight excluding hydrogens is 406 g/mol. The smallest absolute Gasteiger partial charge is 0.412 e. The molecule has 1 amide bonds. The van der Waals surface area contributed by atoms with E-state index in [2.05, 4.69) is 5.32 Å². The number of carbonyl (C=O) groups excluding carboxylic acids is 1. The Morgan fingerprint density at radius 1 is 1.03 bits per heavy atom. The number of ether oxygens (including phenoxy) is 1. The van der Waals surface area contributed by atoms with E-state index in [4.69, 9.17) is 9.84 Å². The number of hydrogen-bond donors (Lipinski definition) is 3. The molecule has 2 atom stereocenters. The van der Waals surface area contributed by atoms with Crippen LogP contribution in [0.5, 0.6) is 5.75 Å². The fourth-order valence-corrected chi connectivity index (χ4v) is 3.63. The van der Waals surface area contributed by atoms with Crippen LogP contribution >= 0.6 is 0 Å². The zero-order valence-electron chi connectivity index (χ0n) is 18.1. The number of fused-ring (bicyclic) bond motifs is 1. The number of amides is 1. The molecule has 0 saturated carbocycles. The summed E-state index contributed by atoms with van der Waals surface area (Å²) >= 11 is 0. The van der Waals surface area contributed by atoms with Gasteiger partial charge in [-0.1, -0.05) is 61.0 Å². The first-order valence-electron chi connectivity index (χ1n) is 10.5. The first kappa shape index (κ1) is 22.9. The average molecular weight is 434 g/mol. The number of benzene rings is 3. The van der Waals surface area contributed by atoms with Crippen LogP contribution in [-0.4, -0.2) is 22.3 Å². The highest BCUT2D eigenvalue weighted by atomic mass is 16.6. The first-order chi connectivity index (χ1) is 15.3. The van der Waals surface area contributed by atoms with Crippen LogP contribution in [-0.2, 0) is 9.53 Å². The minimum atomic E-state index is -0.993. The number of anilines is 1. The normalized spacial score (nSPS) is 13.1. The van der Waals surface area contributed by atoms with E-state index in [9.17, 15) is 14.7 Å². The lowest BCUT2D eigenvalue weighted by atomic mass is 9.89. The first-order valence-corrected chi connectivity index (χ1v) is 10.5. The molecule has 0 aliphatic carbocycles. The van der Waals surface area contributed by atoms with E-state index in [-0.39, 0.29) is 11.7 Å². The van der Waals surface area contributed by atoms with Crippen molar-refractivity contribution in [2.75, 3.05) is 5.32 Å². The summed E-state index contributed by atoms with van der Waals surface area (Å²) in [5.74, 6) is -0.943. The Balaban J connectivity index is 1.87. The molecule has 0 spiro atoms. The highest BCUT2D eigenvalue weighted by molar-refractivity contribution is 5.91. The molecule has 0 unspecified atom stereocenters. The van der Waals surface area contributed by atoms with Crippen molar-refractivity contribution in [3.8, 4) is 5.75 Å². The Bertz CT molecular complexity index is 1120. The summed E-state index contributed by atoms with van der Waals surface area (Å²) in [7, 11) is 0. The third kappa shape index (κ3) is 5.88. The van der Waals surface area contributed by atoms with Crippen molar-refractivity contribution < 1.29 is 24.5 Å². The molecule has 3 N–H and O–H groups in total. The van der Waals surface area contributed by atoms with Crippen LogP contribution in [0.3, 0.4) is 0 Å². The Kier molecular flexibility index (Phi) is 7.49. The highest BCUT2D eigenvalue weighted by Crippen LogP contribution is 2.37. The summed E-state index contributed by atoms with van der Waals surface area (Å²) in [6.45, 7) is 3.93. The second-order valence-corrected chi connectivity index (χ2v) is 7.83. The number of allylic oxidation sites excluding steroid dienone is 1. The standard InChI is InChI=1S/C26H27NO5/c1-17-11-13-19(14-12-17)27-26(31)32-25(18(2)7-3-6-10-24(29)30)22-15-16-23(28)21-9-5-4-8-20(21)22/h4-6,8-16,18,25,28H,3,7H2,1-2H3,(H,27,31)(H,29,30)/b10-6+/t18-,25-/m1/s1. The number of aliphatic carboxylic acids is 1. The van der Waals surface area contributed by atoms with Crippen LogP contribution in [0.4, 0.5) is 10.5 Å². The number of rotatable bonds is 8. The zero-order chi connectivity index (χ0) is 23.1. The van der Waals surface area contributed by atoms with Gasteiger partial charge in [-0.3, -0.25) is 5.32 Å². The molecule has 0 aromatic heterocycles. The van der Waals surface area contributed by atoms with E-state index in [1.54, 1.807) is 18.2 Å². The van der Waals surface area contributed by atoms with Crippen molar-refractivity contribution in [1.29, 1.82) is 0 Å². The summed E-state index contributed by atoms with van der Waals surface area (Å²) < 4.78 is 5.89. The molecule has 6 heteroatoms. The molecule has 0 aliphatic rings. The van der Waals surface area contributed by atoms with Crippen molar-refractivity contribution in [3.63, 3.8) is 0 Å². The van der Waals surface area contributed by atoms with Crippen molar-refractivity contribution in [3.05, 3.63) is 83.9 Å². The minimum absolute atomic E-state index is 0.106. The highest BCUT2D eigenvalue weighted by Gasteiger charge is 2.26. The molecule has 0 radical (unpaired) electrons. The molecular formula is C26H27NO5. The Hall–Kier alpha value is -3.80. The predicted octanol–water partition coefficient (Wildman–Crippen LogP) is 6.20. The van der Waals surface area contributed by atoms with Gasteiger partial charge in [0.05, 0.1) is 0 Å². The number of nitrogens with one attached hydrogen (secondary N) is 1. The maximum atomic E-state index is 12.7. The van der Waals surface area contributed by atoms with Crippen LogP contribution in [0.2, 0.25) is 0 Å². The average Bonchev–Trinajstić information content (AvgIpc) is 2.77. The van der Waals surface area contributed by atoms with E-state index in [1.165, 1.54) is 0 Å². The summed E-state index contributed by atoms with van der Waals surface area (Å²) in [5.41, 5.74) is 2.50.